The van der Waals surface area contributed by atoms with E-state index >= 15 is 0 Å². The summed E-state index contributed by atoms with van der Waals surface area (Å²) in [4.78, 5) is 22.5. The highest BCUT2D eigenvalue weighted by atomic mass is 16.5. The molecule has 1 aromatic rings. The van der Waals surface area contributed by atoms with Crippen molar-refractivity contribution in [2.45, 2.75) is 13.3 Å². The molecule has 1 rings (SSSR count). The Morgan fingerprint density at radius 2 is 2.00 bits per heavy atom. The Labute approximate surface area is 117 Å². The number of hydrogen-bond acceptors (Lipinski definition) is 5. The van der Waals surface area contributed by atoms with Crippen molar-refractivity contribution >= 4 is 11.9 Å². The zero-order valence-corrected chi connectivity index (χ0v) is 11.7. The molecule has 0 atom stereocenters. The van der Waals surface area contributed by atoms with Gasteiger partial charge in [-0.25, -0.2) is 4.79 Å². The Kier molecular flexibility index (Phi) is 6.11. The van der Waals surface area contributed by atoms with Crippen molar-refractivity contribution in [3.05, 3.63) is 29.3 Å². The fourth-order valence-electron chi connectivity index (χ4n) is 1.46. The Bertz CT molecular complexity index is 551. The minimum absolute atomic E-state index is 0.00967. The second kappa shape index (κ2) is 7.85. The number of hydrogen-bond donors (Lipinski definition) is 0. The zero-order valence-electron chi connectivity index (χ0n) is 11.7. The maximum atomic E-state index is 11.4. The lowest BCUT2D eigenvalue weighted by Crippen LogP contribution is -2.02. The van der Waals surface area contributed by atoms with Crippen LogP contribution in [0.1, 0.15) is 29.3 Å². The molecule has 1 aromatic carbocycles. The molecule has 0 aliphatic carbocycles. The van der Waals surface area contributed by atoms with Crippen LogP contribution >= 0.6 is 0 Å². The average Bonchev–Trinajstić information content (AvgIpc) is 2.47. The molecule has 0 aromatic heterocycles. The van der Waals surface area contributed by atoms with Gasteiger partial charge in [0.25, 0.3) is 0 Å². The molecule has 0 saturated heterocycles. The first kappa shape index (κ1) is 15.6. The highest BCUT2D eigenvalue weighted by molar-refractivity contribution is 5.90. The van der Waals surface area contributed by atoms with E-state index in [2.05, 4.69) is 16.6 Å². The summed E-state index contributed by atoms with van der Waals surface area (Å²) < 4.78 is 14.6. The van der Waals surface area contributed by atoms with Crippen molar-refractivity contribution < 1.29 is 23.8 Å². The van der Waals surface area contributed by atoms with Gasteiger partial charge in [0.2, 0.25) is 0 Å². The van der Waals surface area contributed by atoms with Crippen molar-refractivity contribution in [1.82, 2.24) is 0 Å². The van der Waals surface area contributed by atoms with Gasteiger partial charge in [0.05, 0.1) is 32.0 Å². The molecule has 0 fully saturated rings. The molecular weight excluding hydrogens is 260 g/mol. The van der Waals surface area contributed by atoms with Crippen molar-refractivity contribution in [3.8, 4) is 17.6 Å². The van der Waals surface area contributed by atoms with Gasteiger partial charge in [-0.1, -0.05) is 11.8 Å². The molecule has 0 spiro atoms. The van der Waals surface area contributed by atoms with Crippen LogP contribution in [-0.4, -0.2) is 32.8 Å². The lowest BCUT2D eigenvalue weighted by Gasteiger charge is -2.05. The smallest absolute Gasteiger partial charge is 0.337 e. The van der Waals surface area contributed by atoms with Crippen molar-refractivity contribution in [2.75, 3.05) is 20.8 Å². The third-order valence-corrected chi connectivity index (χ3v) is 2.38. The molecular formula is C15H16O5. The molecule has 5 nitrogen and oxygen atoms in total. The molecule has 0 saturated carbocycles. The summed E-state index contributed by atoms with van der Waals surface area (Å²) in [5.74, 6) is 5.14. The minimum Gasteiger partial charge on any atom is -0.495 e. The number of carbonyl (C=O) groups excluding carboxylic acids is 2. The molecule has 0 N–H and O–H groups in total. The summed E-state index contributed by atoms with van der Waals surface area (Å²) >= 11 is 0. The average molecular weight is 276 g/mol. The van der Waals surface area contributed by atoms with Gasteiger partial charge in [-0.15, -0.1) is 0 Å². The van der Waals surface area contributed by atoms with Crippen LogP contribution in [-0.2, 0) is 14.3 Å². The summed E-state index contributed by atoms with van der Waals surface area (Å²) in [5.41, 5.74) is 0.963. The predicted octanol–water partition coefficient (Wildman–Crippen LogP) is 1.79. The number of carbonyl (C=O) groups is 2. The van der Waals surface area contributed by atoms with E-state index in [1.165, 1.54) is 14.2 Å². The zero-order chi connectivity index (χ0) is 15.0. The normalized spacial score (nSPS) is 9.15. The van der Waals surface area contributed by atoms with Crippen LogP contribution in [0.15, 0.2) is 18.2 Å². The second-order valence-electron chi connectivity index (χ2n) is 3.69. The molecule has 106 valence electrons. The van der Waals surface area contributed by atoms with Crippen LogP contribution in [0.4, 0.5) is 0 Å². The first-order chi connectivity index (χ1) is 9.62. The van der Waals surface area contributed by atoms with Crippen LogP contribution in [0, 0.1) is 11.8 Å². The Hall–Kier alpha value is -2.48. The summed E-state index contributed by atoms with van der Waals surface area (Å²) in [6.07, 6.45) is 0.00967. The number of methoxy groups -OCH3 is 2. The van der Waals surface area contributed by atoms with E-state index in [0.29, 0.717) is 23.5 Å². The number of benzene rings is 1. The Balaban J connectivity index is 2.88. The fraction of sp³-hybridized carbons (Fsp3) is 0.333. The van der Waals surface area contributed by atoms with Crippen LogP contribution in [0.5, 0.6) is 5.75 Å². The van der Waals surface area contributed by atoms with Gasteiger partial charge in [-0.05, 0) is 25.1 Å². The predicted molar refractivity (Wildman–Crippen MR) is 72.5 cm³/mol. The lowest BCUT2D eigenvalue weighted by molar-refractivity contribution is -0.141. The summed E-state index contributed by atoms with van der Waals surface area (Å²) in [7, 11) is 2.79. The van der Waals surface area contributed by atoms with Crippen LogP contribution < -0.4 is 4.74 Å². The van der Waals surface area contributed by atoms with E-state index < -0.39 is 5.97 Å². The third-order valence-electron chi connectivity index (χ3n) is 2.38. The maximum absolute atomic E-state index is 11.4. The second-order valence-corrected chi connectivity index (χ2v) is 3.69. The quantitative estimate of drug-likeness (QED) is 0.619. The molecule has 0 amide bonds. The largest absolute Gasteiger partial charge is 0.495 e. The number of ether oxygens (including phenoxy) is 3. The van der Waals surface area contributed by atoms with Gasteiger partial charge >= 0.3 is 11.9 Å². The van der Waals surface area contributed by atoms with Gasteiger partial charge in [-0.2, -0.15) is 0 Å². The van der Waals surface area contributed by atoms with Crippen molar-refractivity contribution in [2.24, 2.45) is 0 Å². The van der Waals surface area contributed by atoms with Gasteiger partial charge in [0.1, 0.15) is 12.2 Å². The van der Waals surface area contributed by atoms with E-state index in [1.54, 1.807) is 25.1 Å². The van der Waals surface area contributed by atoms with E-state index in [1.807, 2.05) is 0 Å². The molecule has 5 heteroatoms. The van der Waals surface area contributed by atoms with Crippen LogP contribution in [0.3, 0.4) is 0 Å². The number of rotatable bonds is 4. The number of esters is 2. The highest BCUT2D eigenvalue weighted by Crippen LogP contribution is 2.19. The Morgan fingerprint density at radius 3 is 2.60 bits per heavy atom. The fourth-order valence-corrected chi connectivity index (χ4v) is 1.46. The van der Waals surface area contributed by atoms with Gasteiger partial charge in [0.15, 0.2) is 0 Å². The van der Waals surface area contributed by atoms with Crippen molar-refractivity contribution in [1.29, 1.82) is 0 Å². The third kappa shape index (κ3) is 4.32. The van der Waals surface area contributed by atoms with Crippen molar-refractivity contribution in [3.63, 3.8) is 0 Å². The first-order valence-electron chi connectivity index (χ1n) is 6.03. The van der Waals surface area contributed by atoms with Crippen LogP contribution in [0.2, 0.25) is 0 Å². The lowest BCUT2D eigenvalue weighted by atomic mass is 10.1. The molecule has 0 aliphatic heterocycles. The molecule has 0 aliphatic rings. The maximum Gasteiger partial charge on any atom is 0.337 e. The minimum atomic E-state index is -0.450. The molecule has 0 bridgehead atoms. The standard InChI is InChI=1S/C15H16O5/c1-4-20-14(16)7-5-6-11-8-9-12(15(17)19-3)10-13(11)18-2/h8-10H,4,7H2,1-3H3. The van der Waals surface area contributed by atoms with Gasteiger partial charge in [0, 0.05) is 0 Å². The highest BCUT2D eigenvalue weighted by Gasteiger charge is 2.09. The van der Waals surface area contributed by atoms with E-state index in [9.17, 15) is 9.59 Å². The monoisotopic (exact) mass is 276 g/mol. The SMILES string of the molecule is CCOC(=O)CC#Cc1ccc(C(=O)OC)cc1OC. The summed E-state index contributed by atoms with van der Waals surface area (Å²) in [5, 5.41) is 0. The molecule has 0 radical (unpaired) electrons. The van der Waals surface area contributed by atoms with E-state index in [4.69, 9.17) is 9.47 Å². The van der Waals surface area contributed by atoms with Crippen LogP contribution in [0.25, 0.3) is 0 Å². The van der Waals surface area contributed by atoms with E-state index in [-0.39, 0.29) is 12.4 Å². The first-order valence-corrected chi connectivity index (χ1v) is 6.03. The summed E-state index contributed by atoms with van der Waals surface area (Å²) in [6.45, 7) is 2.07. The van der Waals surface area contributed by atoms with Gasteiger partial charge < -0.3 is 14.2 Å². The Morgan fingerprint density at radius 1 is 1.25 bits per heavy atom. The van der Waals surface area contributed by atoms with E-state index in [0.717, 1.165) is 0 Å². The topological polar surface area (TPSA) is 61.8 Å². The molecule has 0 unspecified atom stereocenters. The molecule has 20 heavy (non-hydrogen) atoms. The van der Waals surface area contributed by atoms with Gasteiger partial charge in [-0.3, -0.25) is 4.79 Å². The summed E-state index contributed by atoms with van der Waals surface area (Å²) in [6, 6.07) is 4.77. The molecule has 0 heterocycles.